The van der Waals surface area contributed by atoms with Gasteiger partial charge in [0, 0.05) is 25.0 Å². The Kier molecular flexibility index (Phi) is 4.65. The standard InChI is InChI=1S/C18H19N3O4/c1-19(18(23)17-8-4-5-11-20(17)12-22)15-9-10-16(21(24)25)14-7-3-2-6-13(14)15/h2-3,6-7,9-10,12,17H,4-5,8,11H2,1H3. The van der Waals surface area contributed by atoms with E-state index in [0.717, 1.165) is 19.3 Å². The van der Waals surface area contributed by atoms with E-state index in [-0.39, 0.29) is 11.6 Å². The zero-order valence-corrected chi connectivity index (χ0v) is 13.9. The maximum Gasteiger partial charge on any atom is 0.277 e. The second-order valence-electron chi connectivity index (χ2n) is 6.16. The fourth-order valence-corrected chi connectivity index (χ4v) is 3.41. The van der Waals surface area contributed by atoms with Crippen LogP contribution in [0.2, 0.25) is 0 Å². The Morgan fingerprint density at radius 3 is 2.64 bits per heavy atom. The first-order valence-electron chi connectivity index (χ1n) is 8.19. The van der Waals surface area contributed by atoms with Crippen LogP contribution in [0.15, 0.2) is 36.4 Å². The van der Waals surface area contributed by atoms with E-state index in [4.69, 9.17) is 0 Å². The monoisotopic (exact) mass is 341 g/mol. The third kappa shape index (κ3) is 3.05. The van der Waals surface area contributed by atoms with Crippen molar-refractivity contribution in [3.63, 3.8) is 0 Å². The number of hydrogen-bond donors (Lipinski definition) is 0. The quantitative estimate of drug-likeness (QED) is 0.486. The summed E-state index contributed by atoms with van der Waals surface area (Å²) in [5.74, 6) is -0.175. The Labute approximate surface area is 145 Å². The van der Waals surface area contributed by atoms with Crippen molar-refractivity contribution in [1.29, 1.82) is 0 Å². The van der Waals surface area contributed by atoms with Gasteiger partial charge in [-0.25, -0.2) is 0 Å². The van der Waals surface area contributed by atoms with Crippen LogP contribution in [0.1, 0.15) is 19.3 Å². The minimum atomic E-state index is -0.481. The van der Waals surface area contributed by atoms with Crippen molar-refractivity contribution in [2.24, 2.45) is 0 Å². The lowest BCUT2D eigenvalue weighted by Crippen LogP contribution is -2.49. The average molecular weight is 341 g/mol. The number of nitrogens with zero attached hydrogens (tertiary/aromatic N) is 3. The molecule has 1 heterocycles. The van der Waals surface area contributed by atoms with Crippen LogP contribution in [0.3, 0.4) is 0 Å². The van der Waals surface area contributed by atoms with E-state index in [1.807, 2.05) is 0 Å². The number of benzene rings is 2. The van der Waals surface area contributed by atoms with E-state index in [9.17, 15) is 19.7 Å². The summed E-state index contributed by atoms with van der Waals surface area (Å²) in [5.41, 5.74) is 0.606. The van der Waals surface area contributed by atoms with Crippen LogP contribution < -0.4 is 4.90 Å². The highest BCUT2D eigenvalue weighted by Crippen LogP contribution is 2.33. The summed E-state index contributed by atoms with van der Waals surface area (Å²) in [4.78, 5) is 38.0. The van der Waals surface area contributed by atoms with Gasteiger partial charge >= 0.3 is 0 Å². The molecule has 3 rings (SSSR count). The molecule has 0 N–H and O–H groups in total. The van der Waals surface area contributed by atoms with Crippen molar-refractivity contribution in [3.8, 4) is 0 Å². The number of likely N-dealkylation sites (tertiary alicyclic amines) is 1. The molecule has 0 saturated carbocycles. The molecular weight excluding hydrogens is 322 g/mol. The number of hydrogen-bond acceptors (Lipinski definition) is 4. The second kappa shape index (κ2) is 6.88. The number of piperidine rings is 1. The molecule has 130 valence electrons. The molecule has 0 spiro atoms. The lowest BCUT2D eigenvalue weighted by molar-refractivity contribution is -0.383. The number of amides is 2. The molecule has 7 nitrogen and oxygen atoms in total. The second-order valence-corrected chi connectivity index (χ2v) is 6.16. The van der Waals surface area contributed by atoms with Gasteiger partial charge in [0.2, 0.25) is 12.3 Å². The number of rotatable bonds is 4. The van der Waals surface area contributed by atoms with Gasteiger partial charge in [-0.05, 0) is 31.4 Å². The first-order valence-corrected chi connectivity index (χ1v) is 8.19. The first-order chi connectivity index (χ1) is 12.0. The third-order valence-corrected chi connectivity index (χ3v) is 4.73. The van der Waals surface area contributed by atoms with Crippen molar-refractivity contribution in [1.82, 2.24) is 4.90 Å². The molecule has 1 atom stereocenters. The topological polar surface area (TPSA) is 83.8 Å². The van der Waals surface area contributed by atoms with Gasteiger partial charge in [-0.15, -0.1) is 0 Å². The first kappa shape index (κ1) is 16.9. The number of fused-ring (bicyclic) bond motifs is 1. The SMILES string of the molecule is CN(C(=O)C1CCCCN1C=O)c1ccc([N+](=O)[O-])c2ccccc12. The maximum absolute atomic E-state index is 12.9. The zero-order chi connectivity index (χ0) is 18.0. The molecule has 25 heavy (non-hydrogen) atoms. The predicted molar refractivity (Wildman–Crippen MR) is 94.4 cm³/mol. The lowest BCUT2D eigenvalue weighted by Gasteiger charge is -2.34. The fraction of sp³-hybridized carbons (Fsp3) is 0.333. The molecule has 1 aliphatic rings. The number of non-ortho nitro benzene ring substituents is 1. The summed E-state index contributed by atoms with van der Waals surface area (Å²) in [6.07, 6.45) is 3.15. The molecule has 2 amide bonds. The molecular formula is C18H19N3O4. The highest BCUT2D eigenvalue weighted by Gasteiger charge is 2.31. The Hall–Kier alpha value is -2.96. The molecule has 0 aromatic heterocycles. The number of carbonyl (C=O) groups is 2. The van der Waals surface area contributed by atoms with Crippen LogP contribution in [0, 0.1) is 10.1 Å². The van der Waals surface area contributed by atoms with Gasteiger partial charge in [0.15, 0.2) is 0 Å². The van der Waals surface area contributed by atoms with Crippen LogP contribution in [0.4, 0.5) is 11.4 Å². The number of likely N-dealkylation sites (N-methyl/N-ethyl adjacent to an activating group) is 1. The van der Waals surface area contributed by atoms with Gasteiger partial charge in [-0.2, -0.15) is 0 Å². The largest absolute Gasteiger partial charge is 0.333 e. The van der Waals surface area contributed by atoms with Crippen LogP contribution >= 0.6 is 0 Å². The van der Waals surface area contributed by atoms with Crippen LogP contribution in [0.5, 0.6) is 0 Å². The van der Waals surface area contributed by atoms with E-state index in [1.165, 1.54) is 15.9 Å². The van der Waals surface area contributed by atoms with E-state index in [0.29, 0.717) is 29.4 Å². The molecule has 0 aliphatic carbocycles. The molecule has 0 radical (unpaired) electrons. The van der Waals surface area contributed by atoms with Crippen LogP contribution in [-0.2, 0) is 9.59 Å². The lowest BCUT2D eigenvalue weighted by atomic mass is 10.0. The summed E-state index contributed by atoms with van der Waals surface area (Å²) < 4.78 is 0. The fourth-order valence-electron chi connectivity index (χ4n) is 3.41. The van der Waals surface area contributed by atoms with Crippen LogP contribution in [0.25, 0.3) is 10.8 Å². The minimum Gasteiger partial charge on any atom is -0.333 e. The summed E-state index contributed by atoms with van der Waals surface area (Å²) in [6, 6.07) is 9.48. The molecule has 0 bridgehead atoms. The number of nitro benzene ring substituents is 1. The molecule has 2 aromatic rings. The Morgan fingerprint density at radius 1 is 1.24 bits per heavy atom. The van der Waals surface area contributed by atoms with Crippen molar-refractivity contribution >= 4 is 34.5 Å². The van der Waals surface area contributed by atoms with E-state index < -0.39 is 11.0 Å². The molecule has 2 aromatic carbocycles. The van der Waals surface area contributed by atoms with Crippen molar-refractivity contribution in [3.05, 3.63) is 46.5 Å². The van der Waals surface area contributed by atoms with E-state index in [2.05, 4.69) is 0 Å². The number of nitro groups is 1. The van der Waals surface area contributed by atoms with Crippen molar-refractivity contribution < 1.29 is 14.5 Å². The minimum absolute atomic E-state index is 0.00684. The Morgan fingerprint density at radius 2 is 1.96 bits per heavy atom. The van der Waals surface area contributed by atoms with Gasteiger partial charge in [-0.1, -0.05) is 18.2 Å². The third-order valence-electron chi connectivity index (χ3n) is 4.73. The Balaban J connectivity index is 2.01. The van der Waals surface area contributed by atoms with Crippen LogP contribution in [-0.4, -0.2) is 41.8 Å². The summed E-state index contributed by atoms with van der Waals surface area (Å²) in [7, 11) is 1.65. The van der Waals surface area contributed by atoms with E-state index in [1.54, 1.807) is 37.4 Å². The maximum atomic E-state index is 12.9. The zero-order valence-electron chi connectivity index (χ0n) is 13.9. The van der Waals surface area contributed by atoms with Gasteiger partial charge < -0.3 is 9.80 Å². The summed E-state index contributed by atoms with van der Waals surface area (Å²) in [5, 5.41) is 12.4. The number of carbonyl (C=O) groups excluding carboxylic acids is 2. The summed E-state index contributed by atoms with van der Waals surface area (Å²) >= 11 is 0. The van der Waals surface area contributed by atoms with Gasteiger partial charge in [0.05, 0.1) is 16.0 Å². The molecule has 1 saturated heterocycles. The van der Waals surface area contributed by atoms with Crippen molar-refractivity contribution in [2.75, 3.05) is 18.5 Å². The molecule has 7 heteroatoms. The smallest absolute Gasteiger partial charge is 0.277 e. The van der Waals surface area contributed by atoms with Gasteiger partial charge in [0.25, 0.3) is 5.69 Å². The highest BCUT2D eigenvalue weighted by atomic mass is 16.6. The number of anilines is 1. The molecule has 1 aliphatic heterocycles. The van der Waals surface area contributed by atoms with Crippen molar-refractivity contribution in [2.45, 2.75) is 25.3 Å². The van der Waals surface area contributed by atoms with Gasteiger partial charge in [-0.3, -0.25) is 19.7 Å². The highest BCUT2D eigenvalue weighted by molar-refractivity contribution is 6.07. The summed E-state index contributed by atoms with van der Waals surface area (Å²) in [6.45, 7) is 0.578. The van der Waals surface area contributed by atoms with E-state index >= 15 is 0 Å². The normalized spacial score (nSPS) is 17.3. The molecule has 1 fully saturated rings. The molecule has 1 unspecified atom stereocenters. The van der Waals surface area contributed by atoms with Gasteiger partial charge in [0.1, 0.15) is 6.04 Å². The Bertz CT molecular complexity index is 836. The average Bonchev–Trinajstić information content (AvgIpc) is 2.65. The predicted octanol–water partition coefficient (Wildman–Crippen LogP) is 2.72.